The lowest BCUT2D eigenvalue weighted by molar-refractivity contribution is 0.165. The zero-order chi connectivity index (χ0) is 19.3. The highest BCUT2D eigenvalue weighted by atomic mass is 16.3. The Kier molecular flexibility index (Phi) is 3.77. The summed E-state index contributed by atoms with van der Waals surface area (Å²) in [6, 6.07) is 13.5. The fourth-order valence-corrected chi connectivity index (χ4v) is 3.79. The monoisotopic (exact) mass is 373 g/mol. The third-order valence-electron chi connectivity index (χ3n) is 5.30. The summed E-state index contributed by atoms with van der Waals surface area (Å²) >= 11 is 0. The molecule has 7 nitrogen and oxygen atoms in total. The summed E-state index contributed by atoms with van der Waals surface area (Å²) in [5.74, 6) is 0.560. The molecule has 7 heteroatoms. The summed E-state index contributed by atoms with van der Waals surface area (Å²) in [4.78, 5) is 4.55. The number of rotatable bonds is 3. The Hall–Kier alpha value is -3.45. The minimum absolute atomic E-state index is 0.0575. The molecular weight excluding hydrogens is 354 g/mol. The lowest BCUT2D eigenvalue weighted by Gasteiger charge is -2.18. The minimum Gasteiger partial charge on any atom is -0.493 e. The van der Waals surface area contributed by atoms with Crippen molar-refractivity contribution in [3.05, 3.63) is 75.4 Å². The normalized spacial score (nSPS) is 20.1. The smallest absolute Gasteiger partial charge is 0.220 e. The van der Waals surface area contributed by atoms with Crippen molar-refractivity contribution in [1.82, 2.24) is 9.55 Å². The van der Waals surface area contributed by atoms with Crippen molar-refractivity contribution in [3.8, 4) is 5.88 Å². The molecule has 2 heterocycles. The molecule has 0 spiro atoms. The molecule has 1 aliphatic heterocycles. The second-order valence-electron chi connectivity index (χ2n) is 7.10. The van der Waals surface area contributed by atoms with E-state index in [1.54, 1.807) is 17.8 Å². The summed E-state index contributed by atoms with van der Waals surface area (Å²) in [7, 11) is 1.74. The number of nitrogens with zero attached hydrogens (tertiary/aromatic N) is 4. The van der Waals surface area contributed by atoms with E-state index >= 15 is 0 Å². The van der Waals surface area contributed by atoms with Crippen molar-refractivity contribution >= 4 is 18.2 Å². The maximum Gasteiger partial charge on any atom is 0.220 e. The first-order valence-electron chi connectivity index (χ1n) is 9.11. The van der Waals surface area contributed by atoms with Crippen LogP contribution in [0.15, 0.2) is 52.7 Å². The molecule has 5 rings (SSSR count). The van der Waals surface area contributed by atoms with Gasteiger partial charge in [0.2, 0.25) is 11.8 Å². The van der Waals surface area contributed by atoms with Gasteiger partial charge in [-0.1, -0.05) is 30.3 Å². The fraction of sp³-hybridized carbons (Fsp3) is 0.190. The average Bonchev–Trinajstić information content (AvgIpc) is 3.35. The van der Waals surface area contributed by atoms with Crippen molar-refractivity contribution in [3.63, 3.8) is 0 Å². The SMILES string of the molecule is Cn1c(N[C@H]2c3ccccc3C[C@@H]2O)nc(/C=c2\ccc3c(c2)C=NN=3)c1O. The standard InChI is InChI=1S/C21H19N5O2/c1-26-20(28)17(9-12-6-7-16-14(8-12)11-22-25-16)23-21(26)24-19-15-5-3-2-4-13(15)10-18(19)27/h2-9,11,18-19,27-28H,10H2,1H3,(H,23,24)/b12-9+/t18-,19-/m0/s1. The number of hydrogen-bond donors (Lipinski definition) is 3. The van der Waals surface area contributed by atoms with Crippen molar-refractivity contribution in [2.45, 2.75) is 18.6 Å². The number of aliphatic hydroxyl groups excluding tert-OH is 1. The summed E-state index contributed by atoms with van der Waals surface area (Å²) in [5, 5.41) is 33.9. The van der Waals surface area contributed by atoms with E-state index in [4.69, 9.17) is 0 Å². The van der Waals surface area contributed by atoms with Gasteiger partial charge in [-0.15, -0.1) is 0 Å². The van der Waals surface area contributed by atoms with Gasteiger partial charge >= 0.3 is 0 Å². The zero-order valence-electron chi connectivity index (χ0n) is 15.2. The van der Waals surface area contributed by atoms with Crippen LogP contribution in [0.1, 0.15) is 28.4 Å². The summed E-state index contributed by atoms with van der Waals surface area (Å²) in [6.07, 6.45) is 3.58. The molecule has 0 radical (unpaired) electrons. The van der Waals surface area contributed by atoms with E-state index < -0.39 is 6.10 Å². The summed E-state index contributed by atoms with van der Waals surface area (Å²) in [6.45, 7) is 0. The Morgan fingerprint density at radius 3 is 2.96 bits per heavy atom. The van der Waals surface area contributed by atoms with Gasteiger partial charge in [0.25, 0.3) is 0 Å². The quantitative estimate of drug-likeness (QED) is 0.638. The summed E-state index contributed by atoms with van der Waals surface area (Å²) in [5.41, 5.74) is 3.58. The number of aromatic hydroxyl groups is 1. The van der Waals surface area contributed by atoms with Crippen molar-refractivity contribution in [1.29, 1.82) is 0 Å². The van der Waals surface area contributed by atoms with Gasteiger partial charge in [0, 0.05) is 19.0 Å². The van der Waals surface area contributed by atoms with E-state index in [1.807, 2.05) is 48.5 Å². The molecule has 0 saturated heterocycles. The van der Waals surface area contributed by atoms with Gasteiger partial charge < -0.3 is 15.5 Å². The number of aliphatic hydroxyl groups is 1. The molecule has 0 fully saturated rings. The molecule has 140 valence electrons. The van der Waals surface area contributed by atoms with E-state index in [0.717, 1.165) is 27.3 Å². The highest BCUT2D eigenvalue weighted by Crippen LogP contribution is 2.34. The molecule has 2 aliphatic rings. The summed E-state index contributed by atoms with van der Waals surface area (Å²) < 4.78 is 1.59. The number of imidazole rings is 1. The van der Waals surface area contributed by atoms with Crippen LogP contribution in [-0.2, 0) is 13.5 Å². The van der Waals surface area contributed by atoms with Gasteiger partial charge in [0.1, 0.15) is 5.69 Å². The lowest BCUT2D eigenvalue weighted by atomic mass is 10.1. The molecule has 3 aromatic rings. The molecule has 1 aliphatic carbocycles. The number of hydrogen-bond acceptors (Lipinski definition) is 6. The molecule has 1 aromatic heterocycles. The van der Waals surface area contributed by atoms with E-state index in [1.165, 1.54) is 0 Å². The van der Waals surface area contributed by atoms with Crippen LogP contribution in [0.2, 0.25) is 0 Å². The average molecular weight is 373 g/mol. The van der Waals surface area contributed by atoms with Gasteiger partial charge in [-0.25, -0.2) is 4.98 Å². The van der Waals surface area contributed by atoms with Gasteiger partial charge in [0.15, 0.2) is 0 Å². The van der Waals surface area contributed by atoms with Crippen LogP contribution in [0.5, 0.6) is 5.88 Å². The van der Waals surface area contributed by atoms with E-state index in [2.05, 4.69) is 20.5 Å². The first-order chi connectivity index (χ1) is 13.6. The number of fused-ring (bicyclic) bond motifs is 2. The predicted octanol–water partition coefficient (Wildman–Crippen LogP) is 0.992. The highest BCUT2D eigenvalue weighted by Gasteiger charge is 2.31. The Labute approximate surface area is 161 Å². The topological polar surface area (TPSA) is 95.0 Å². The first kappa shape index (κ1) is 16.7. The maximum absolute atomic E-state index is 10.5. The fourth-order valence-electron chi connectivity index (χ4n) is 3.79. The van der Waals surface area contributed by atoms with Crippen molar-refractivity contribution < 1.29 is 10.2 Å². The Balaban J connectivity index is 1.49. The first-order valence-corrected chi connectivity index (χ1v) is 9.11. The molecule has 2 aromatic carbocycles. The number of aromatic nitrogens is 2. The number of anilines is 1. The van der Waals surface area contributed by atoms with Crippen LogP contribution in [0.25, 0.3) is 6.08 Å². The highest BCUT2D eigenvalue weighted by molar-refractivity contribution is 5.80. The zero-order valence-corrected chi connectivity index (χ0v) is 15.2. The van der Waals surface area contributed by atoms with Gasteiger partial charge in [-0.05, 0) is 34.6 Å². The predicted molar refractivity (Wildman–Crippen MR) is 106 cm³/mol. The largest absolute Gasteiger partial charge is 0.493 e. The van der Waals surface area contributed by atoms with Gasteiger partial charge in [-0.3, -0.25) is 4.57 Å². The Bertz CT molecular complexity index is 1230. The van der Waals surface area contributed by atoms with Crippen LogP contribution in [0.4, 0.5) is 5.95 Å². The molecule has 2 atom stereocenters. The minimum atomic E-state index is -0.538. The van der Waals surface area contributed by atoms with E-state index in [0.29, 0.717) is 18.1 Å². The molecule has 0 bridgehead atoms. The Morgan fingerprint density at radius 1 is 1.21 bits per heavy atom. The Morgan fingerprint density at radius 2 is 2.07 bits per heavy atom. The maximum atomic E-state index is 10.5. The van der Waals surface area contributed by atoms with Gasteiger partial charge in [-0.2, -0.15) is 10.2 Å². The molecule has 0 saturated carbocycles. The van der Waals surface area contributed by atoms with Crippen LogP contribution in [0, 0.1) is 0 Å². The number of nitrogens with one attached hydrogen (secondary N) is 1. The van der Waals surface area contributed by atoms with E-state index in [9.17, 15) is 10.2 Å². The second kappa shape index (κ2) is 6.31. The number of benzene rings is 2. The van der Waals surface area contributed by atoms with Crippen molar-refractivity contribution in [2.24, 2.45) is 17.3 Å². The molecule has 3 N–H and O–H groups in total. The van der Waals surface area contributed by atoms with Crippen LogP contribution < -0.4 is 15.9 Å². The second-order valence-corrected chi connectivity index (χ2v) is 7.10. The third-order valence-corrected chi connectivity index (χ3v) is 5.30. The molecule has 0 amide bonds. The van der Waals surface area contributed by atoms with Crippen LogP contribution in [0.3, 0.4) is 0 Å². The van der Waals surface area contributed by atoms with E-state index in [-0.39, 0.29) is 11.9 Å². The van der Waals surface area contributed by atoms with Crippen LogP contribution in [-0.4, -0.2) is 32.1 Å². The van der Waals surface area contributed by atoms with Crippen LogP contribution >= 0.6 is 0 Å². The third kappa shape index (κ3) is 2.68. The molecule has 28 heavy (non-hydrogen) atoms. The molecular formula is C21H19N5O2. The molecule has 0 unspecified atom stereocenters. The lowest BCUT2D eigenvalue weighted by Crippen LogP contribution is -2.22. The van der Waals surface area contributed by atoms with Gasteiger partial charge in [0.05, 0.1) is 23.7 Å². The van der Waals surface area contributed by atoms with Crippen molar-refractivity contribution in [2.75, 3.05) is 5.32 Å².